The largest absolute Gasteiger partial charge is 0.465 e. The minimum absolute atomic E-state index is 0.120. The first-order valence-electron chi connectivity index (χ1n) is 7.48. The quantitative estimate of drug-likeness (QED) is 0.708. The van der Waals surface area contributed by atoms with Gasteiger partial charge in [0, 0.05) is 24.5 Å². The number of nitrogens with zero attached hydrogens (tertiary/aromatic N) is 1. The van der Waals surface area contributed by atoms with E-state index in [0.29, 0.717) is 6.61 Å². The molecular weight excluding hydrogens is 300 g/mol. The predicted octanol–water partition coefficient (Wildman–Crippen LogP) is 2.77. The Morgan fingerprint density at radius 1 is 1.09 bits per heavy atom. The van der Waals surface area contributed by atoms with Crippen LogP contribution < -0.4 is 10.2 Å². The highest BCUT2D eigenvalue weighted by Gasteiger charge is 2.07. The molecule has 1 N–H and O–H groups in total. The lowest BCUT2D eigenvalue weighted by molar-refractivity contribution is -0.139. The molecular formula is C16H24N2O3S. The normalized spacial score (nSPS) is 10.1. The molecule has 22 heavy (non-hydrogen) atoms. The maximum atomic E-state index is 11.8. The zero-order valence-corrected chi connectivity index (χ0v) is 14.2. The second-order valence-electron chi connectivity index (χ2n) is 4.57. The van der Waals surface area contributed by atoms with Crippen molar-refractivity contribution >= 4 is 35.0 Å². The van der Waals surface area contributed by atoms with Crippen LogP contribution in [-0.2, 0) is 14.3 Å². The smallest absolute Gasteiger partial charge is 0.315 e. The van der Waals surface area contributed by atoms with Crippen molar-refractivity contribution in [3.8, 4) is 0 Å². The maximum Gasteiger partial charge on any atom is 0.315 e. The summed E-state index contributed by atoms with van der Waals surface area (Å²) < 4.78 is 4.80. The van der Waals surface area contributed by atoms with Gasteiger partial charge in [-0.1, -0.05) is 0 Å². The van der Waals surface area contributed by atoms with Gasteiger partial charge in [0.05, 0.1) is 18.1 Å². The Kier molecular flexibility index (Phi) is 8.43. The molecule has 6 heteroatoms. The van der Waals surface area contributed by atoms with Gasteiger partial charge in [0.25, 0.3) is 0 Å². The van der Waals surface area contributed by atoms with Gasteiger partial charge < -0.3 is 15.0 Å². The van der Waals surface area contributed by atoms with Crippen molar-refractivity contribution in [2.24, 2.45) is 0 Å². The van der Waals surface area contributed by atoms with Crippen molar-refractivity contribution in [3.63, 3.8) is 0 Å². The number of benzene rings is 1. The van der Waals surface area contributed by atoms with Crippen molar-refractivity contribution in [2.75, 3.05) is 41.4 Å². The number of thioether (sulfide) groups is 1. The number of carbonyl (C=O) groups is 2. The Morgan fingerprint density at radius 3 is 2.27 bits per heavy atom. The summed E-state index contributed by atoms with van der Waals surface area (Å²) in [5.74, 6) is 0.0208. The molecule has 0 fully saturated rings. The average molecular weight is 324 g/mol. The summed E-state index contributed by atoms with van der Waals surface area (Å²) in [6.07, 6.45) is 0. The summed E-state index contributed by atoms with van der Waals surface area (Å²) in [5.41, 5.74) is 1.90. The summed E-state index contributed by atoms with van der Waals surface area (Å²) in [6, 6.07) is 7.77. The van der Waals surface area contributed by atoms with E-state index in [-0.39, 0.29) is 23.4 Å². The van der Waals surface area contributed by atoms with E-state index in [0.717, 1.165) is 24.5 Å². The second kappa shape index (κ2) is 10.1. The zero-order chi connectivity index (χ0) is 16.4. The SMILES string of the molecule is CCOC(=O)CSCC(=O)Nc1ccc(N(CC)CC)cc1. The van der Waals surface area contributed by atoms with E-state index in [1.54, 1.807) is 6.92 Å². The molecule has 1 amide bonds. The van der Waals surface area contributed by atoms with Crippen molar-refractivity contribution in [1.82, 2.24) is 0 Å². The Labute approximate surface area is 136 Å². The molecule has 0 saturated carbocycles. The number of ether oxygens (including phenoxy) is 1. The standard InChI is InChI=1S/C16H24N2O3S/c1-4-18(5-2)14-9-7-13(8-10-14)17-15(19)11-22-12-16(20)21-6-3/h7-10H,4-6,11-12H2,1-3H3,(H,17,19). The number of anilines is 2. The van der Waals surface area contributed by atoms with Gasteiger partial charge in [-0.15, -0.1) is 11.8 Å². The average Bonchev–Trinajstić information content (AvgIpc) is 2.50. The highest BCUT2D eigenvalue weighted by Crippen LogP contribution is 2.17. The van der Waals surface area contributed by atoms with Crippen molar-refractivity contribution in [3.05, 3.63) is 24.3 Å². The number of rotatable bonds is 9. The lowest BCUT2D eigenvalue weighted by Crippen LogP contribution is -2.21. The van der Waals surface area contributed by atoms with E-state index in [9.17, 15) is 9.59 Å². The van der Waals surface area contributed by atoms with Crippen LogP contribution in [0.25, 0.3) is 0 Å². The van der Waals surface area contributed by atoms with Crippen LogP contribution in [0.15, 0.2) is 24.3 Å². The van der Waals surface area contributed by atoms with Crippen LogP contribution in [0.3, 0.4) is 0 Å². The van der Waals surface area contributed by atoms with Crippen LogP contribution in [0, 0.1) is 0 Å². The van der Waals surface area contributed by atoms with Crippen LogP contribution in [0.2, 0.25) is 0 Å². The molecule has 0 heterocycles. The number of amides is 1. The molecule has 5 nitrogen and oxygen atoms in total. The zero-order valence-electron chi connectivity index (χ0n) is 13.4. The molecule has 0 aliphatic carbocycles. The first-order valence-corrected chi connectivity index (χ1v) is 8.64. The van der Waals surface area contributed by atoms with E-state index in [1.165, 1.54) is 11.8 Å². The van der Waals surface area contributed by atoms with Gasteiger partial charge in [0.2, 0.25) is 5.91 Å². The molecule has 0 aliphatic heterocycles. The third-order valence-corrected chi connectivity index (χ3v) is 3.94. The second-order valence-corrected chi connectivity index (χ2v) is 5.55. The fourth-order valence-corrected chi connectivity index (χ4v) is 2.58. The van der Waals surface area contributed by atoms with E-state index in [2.05, 4.69) is 24.1 Å². The van der Waals surface area contributed by atoms with Gasteiger partial charge in [-0.3, -0.25) is 9.59 Å². The highest BCUT2D eigenvalue weighted by atomic mass is 32.2. The molecule has 0 saturated heterocycles. The minimum atomic E-state index is -0.288. The first-order chi connectivity index (χ1) is 10.6. The van der Waals surface area contributed by atoms with Crippen LogP contribution in [-0.4, -0.2) is 43.1 Å². The Morgan fingerprint density at radius 2 is 1.73 bits per heavy atom. The molecule has 0 spiro atoms. The van der Waals surface area contributed by atoms with Gasteiger partial charge in [-0.05, 0) is 45.0 Å². The first kappa shape index (κ1) is 18.4. The van der Waals surface area contributed by atoms with Crippen LogP contribution in [0.1, 0.15) is 20.8 Å². The Balaban J connectivity index is 2.40. The molecule has 122 valence electrons. The maximum absolute atomic E-state index is 11.8. The number of nitrogens with one attached hydrogen (secondary N) is 1. The lowest BCUT2D eigenvalue weighted by Gasteiger charge is -2.21. The molecule has 1 rings (SSSR count). The topological polar surface area (TPSA) is 58.6 Å². The molecule has 1 aromatic carbocycles. The number of hydrogen-bond acceptors (Lipinski definition) is 5. The van der Waals surface area contributed by atoms with Gasteiger partial charge in [0.15, 0.2) is 0 Å². The van der Waals surface area contributed by atoms with E-state index >= 15 is 0 Å². The van der Waals surface area contributed by atoms with Gasteiger partial charge in [-0.25, -0.2) is 0 Å². The Bertz CT molecular complexity index is 473. The molecule has 0 aliphatic rings. The van der Waals surface area contributed by atoms with Crippen LogP contribution in [0.4, 0.5) is 11.4 Å². The molecule has 0 radical (unpaired) electrons. The summed E-state index contributed by atoms with van der Waals surface area (Å²) in [4.78, 5) is 25.2. The molecule has 0 aromatic heterocycles. The lowest BCUT2D eigenvalue weighted by atomic mass is 10.2. The predicted molar refractivity (Wildman–Crippen MR) is 92.6 cm³/mol. The van der Waals surface area contributed by atoms with Gasteiger partial charge in [-0.2, -0.15) is 0 Å². The monoisotopic (exact) mass is 324 g/mol. The summed E-state index contributed by atoms with van der Waals surface area (Å²) in [6.45, 7) is 8.25. The molecule has 1 aromatic rings. The Hall–Kier alpha value is -1.69. The number of hydrogen-bond donors (Lipinski definition) is 1. The fraction of sp³-hybridized carbons (Fsp3) is 0.500. The highest BCUT2D eigenvalue weighted by molar-refractivity contribution is 8.00. The van der Waals surface area contributed by atoms with Crippen LogP contribution in [0.5, 0.6) is 0 Å². The van der Waals surface area contributed by atoms with Gasteiger partial charge >= 0.3 is 5.97 Å². The molecule has 0 bridgehead atoms. The third kappa shape index (κ3) is 6.39. The number of carbonyl (C=O) groups excluding carboxylic acids is 2. The molecule has 0 atom stereocenters. The van der Waals surface area contributed by atoms with Gasteiger partial charge in [0.1, 0.15) is 0 Å². The summed E-state index contributed by atoms with van der Waals surface area (Å²) in [7, 11) is 0. The van der Waals surface area contributed by atoms with E-state index < -0.39 is 0 Å². The van der Waals surface area contributed by atoms with Crippen LogP contribution >= 0.6 is 11.8 Å². The third-order valence-electron chi connectivity index (χ3n) is 3.04. The molecule has 0 unspecified atom stereocenters. The minimum Gasteiger partial charge on any atom is -0.465 e. The number of esters is 1. The van der Waals surface area contributed by atoms with E-state index in [1.807, 2.05) is 24.3 Å². The van der Waals surface area contributed by atoms with E-state index in [4.69, 9.17) is 4.74 Å². The fourth-order valence-electron chi connectivity index (χ4n) is 1.97. The van der Waals surface area contributed by atoms with Crippen molar-refractivity contribution < 1.29 is 14.3 Å². The van der Waals surface area contributed by atoms with Crippen molar-refractivity contribution in [2.45, 2.75) is 20.8 Å². The van der Waals surface area contributed by atoms with Crippen molar-refractivity contribution in [1.29, 1.82) is 0 Å². The summed E-state index contributed by atoms with van der Waals surface area (Å²) >= 11 is 1.25. The summed E-state index contributed by atoms with van der Waals surface area (Å²) in [5, 5.41) is 2.82.